The number of amides is 1. The zero-order valence-electron chi connectivity index (χ0n) is 9.71. The van der Waals surface area contributed by atoms with Crippen molar-refractivity contribution in [2.75, 3.05) is 12.0 Å². The van der Waals surface area contributed by atoms with E-state index in [1.54, 1.807) is 12.1 Å². The van der Waals surface area contributed by atoms with Crippen LogP contribution in [0.3, 0.4) is 0 Å². The van der Waals surface area contributed by atoms with Gasteiger partial charge in [-0.1, -0.05) is 13.3 Å². The molecule has 88 valence electrons. The molecule has 0 spiro atoms. The van der Waals surface area contributed by atoms with Crippen molar-refractivity contribution in [3.05, 3.63) is 23.4 Å². The smallest absolute Gasteiger partial charge is 0.251 e. The predicted octanol–water partition coefficient (Wildman–Crippen LogP) is 1.21. The molecule has 0 fully saturated rings. The molecule has 4 N–H and O–H groups in total. The maximum absolute atomic E-state index is 11.7. The molecule has 0 radical (unpaired) electrons. The highest BCUT2D eigenvalue weighted by atomic mass is 16.1. The number of hydrogen-bond donors (Lipinski definition) is 3. The lowest BCUT2D eigenvalue weighted by molar-refractivity contribution is 0.0953. The Labute approximate surface area is 95.4 Å². The number of unbranched alkanes of at least 4 members (excludes halogenated alkanes) is 1. The summed E-state index contributed by atoms with van der Waals surface area (Å²) in [5.74, 6) is 5.68. The fraction of sp³-hybridized carbons (Fsp3) is 0.455. The van der Waals surface area contributed by atoms with Crippen LogP contribution >= 0.6 is 0 Å². The van der Waals surface area contributed by atoms with Crippen molar-refractivity contribution >= 4 is 11.7 Å². The molecule has 0 aromatic carbocycles. The van der Waals surface area contributed by atoms with E-state index in [4.69, 9.17) is 5.84 Å². The Hall–Kier alpha value is -1.62. The van der Waals surface area contributed by atoms with Gasteiger partial charge in [-0.15, -0.1) is 0 Å². The zero-order chi connectivity index (χ0) is 12.0. The summed E-state index contributed by atoms with van der Waals surface area (Å²) in [4.78, 5) is 15.8. The summed E-state index contributed by atoms with van der Waals surface area (Å²) in [6.07, 6.45) is 2.04. The molecule has 5 nitrogen and oxygen atoms in total. The van der Waals surface area contributed by atoms with Gasteiger partial charge in [-0.05, 0) is 25.5 Å². The van der Waals surface area contributed by atoms with Crippen molar-refractivity contribution in [3.8, 4) is 0 Å². The first-order valence-corrected chi connectivity index (χ1v) is 5.41. The Balaban J connectivity index is 2.71. The molecule has 1 heterocycles. The van der Waals surface area contributed by atoms with Crippen LogP contribution in [0.4, 0.5) is 5.82 Å². The van der Waals surface area contributed by atoms with Gasteiger partial charge in [0.2, 0.25) is 0 Å². The molecule has 0 aliphatic carbocycles. The summed E-state index contributed by atoms with van der Waals surface area (Å²) in [7, 11) is 0. The number of pyridine rings is 1. The number of nitrogens with one attached hydrogen (secondary N) is 2. The lowest BCUT2D eigenvalue weighted by Crippen LogP contribution is -2.24. The summed E-state index contributed by atoms with van der Waals surface area (Å²) in [5.41, 5.74) is 3.78. The molecule has 1 amide bonds. The van der Waals surface area contributed by atoms with Crippen molar-refractivity contribution in [1.82, 2.24) is 10.3 Å². The molecule has 1 rings (SSSR count). The molecule has 0 saturated heterocycles. The molecule has 1 aromatic heterocycles. The summed E-state index contributed by atoms with van der Waals surface area (Å²) in [6.45, 7) is 4.60. The summed E-state index contributed by atoms with van der Waals surface area (Å²) >= 11 is 0. The second-order valence-corrected chi connectivity index (χ2v) is 3.64. The quantitative estimate of drug-likeness (QED) is 0.397. The van der Waals surface area contributed by atoms with E-state index >= 15 is 0 Å². The van der Waals surface area contributed by atoms with E-state index in [2.05, 4.69) is 22.7 Å². The second kappa shape index (κ2) is 6.07. The number of hydrazine groups is 1. The van der Waals surface area contributed by atoms with Gasteiger partial charge in [-0.2, -0.15) is 0 Å². The maximum Gasteiger partial charge on any atom is 0.251 e. The molecule has 0 bridgehead atoms. The van der Waals surface area contributed by atoms with Crippen LogP contribution in [0.25, 0.3) is 0 Å². The SMILES string of the molecule is CCCCNC(=O)c1cc(C)nc(NN)c1. The van der Waals surface area contributed by atoms with E-state index in [1.807, 2.05) is 6.92 Å². The molecule has 1 aromatic rings. The molecule has 5 heteroatoms. The van der Waals surface area contributed by atoms with Crippen LogP contribution in [0.1, 0.15) is 35.8 Å². The Morgan fingerprint density at radius 3 is 2.88 bits per heavy atom. The minimum atomic E-state index is -0.0875. The van der Waals surface area contributed by atoms with Crippen LogP contribution in [0.2, 0.25) is 0 Å². The van der Waals surface area contributed by atoms with Crippen LogP contribution in [-0.4, -0.2) is 17.4 Å². The van der Waals surface area contributed by atoms with Gasteiger partial charge in [0.1, 0.15) is 5.82 Å². The van der Waals surface area contributed by atoms with Gasteiger partial charge in [0, 0.05) is 17.8 Å². The first-order chi connectivity index (χ1) is 7.67. The predicted molar refractivity (Wildman–Crippen MR) is 64.0 cm³/mol. The third-order valence-corrected chi connectivity index (χ3v) is 2.18. The average molecular weight is 222 g/mol. The third-order valence-electron chi connectivity index (χ3n) is 2.18. The minimum absolute atomic E-state index is 0.0875. The summed E-state index contributed by atoms with van der Waals surface area (Å²) in [5, 5.41) is 2.84. The number of aromatic nitrogens is 1. The molecule has 0 saturated carbocycles. The van der Waals surface area contributed by atoms with Crippen molar-refractivity contribution < 1.29 is 4.79 Å². The van der Waals surface area contributed by atoms with Crippen LogP contribution in [-0.2, 0) is 0 Å². The van der Waals surface area contributed by atoms with Crippen LogP contribution in [0.15, 0.2) is 12.1 Å². The normalized spacial score (nSPS) is 9.94. The van der Waals surface area contributed by atoms with E-state index in [0.29, 0.717) is 17.9 Å². The number of nitrogens with zero attached hydrogens (tertiary/aromatic N) is 1. The molecular formula is C11H18N4O. The van der Waals surface area contributed by atoms with Gasteiger partial charge in [-0.3, -0.25) is 4.79 Å². The van der Waals surface area contributed by atoms with Crippen molar-refractivity contribution in [2.24, 2.45) is 5.84 Å². The number of aryl methyl sites for hydroxylation is 1. The maximum atomic E-state index is 11.7. The number of anilines is 1. The summed E-state index contributed by atoms with van der Waals surface area (Å²) in [6, 6.07) is 3.37. The van der Waals surface area contributed by atoms with Crippen LogP contribution < -0.4 is 16.6 Å². The monoisotopic (exact) mass is 222 g/mol. The zero-order valence-corrected chi connectivity index (χ0v) is 9.71. The number of nitrogens with two attached hydrogens (primary N) is 1. The lowest BCUT2D eigenvalue weighted by Gasteiger charge is -2.07. The first kappa shape index (κ1) is 12.4. The van der Waals surface area contributed by atoms with E-state index in [-0.39, 0.29) is 5.91 Å². The largest absolute Gasteiger partial charge is 0.352 e. The van der Waals surface area contributed by atoms with Crippen LogP contribution in [0, 0.1) is 6.92 Å². The third kappa shape index (κ3) is 3.51. The molecular weight excluding hydrogens is 204 g/mol. The standard InChI is InChI=1S/C11H18N4O/c1-3-4-5-13-11(16)9-6-8(2)14-10(7-9)15-12/h6-7H,3-5,12H2,1-2H3,(H,13,16)(H,14,15). The van der Waals surface area contributed by atoms with Gasteiger partial charge >= 0.3 is 0 Å². The van der Waals surface area contributed by atoms with Crippen molar-refractivity contribution in [1.29, 1.82) is 0 Å². The van der Waals surface area contributed by atoms with Crippen molar-refractivity contribution in [3.63, 3.8) is 0 Å². The Morgan fingerprint density at radius 2 is 2.25 bits per heavy atom. The van der Waals surface area contributed by atoms with Crippen LogP contribution in [0.5, 0.6) is 0 Å². The fourth-order valence-corrected chi connectivity index (χ4v) is 1.35. The highest BCUT2D eigenvalue weighted by Gasteiger charge is 2.07. The van der Waals surface area contributed by atoms with E-state index < -0.39 is 0 Å². The van der Waals surface area contributed by atoms with E-state index in [9.17, 15) is 4.79 Å². The Bertz CT molecular complexity index is 365. The van der Waals surface area contributed by atoms with Gasteiger partial charge in [0.15, 0.2) is 0 Å². The highest BCUT2D eigenvalue weighted by molar-refractivity contribution is 5.94. The number of nitrogen functional groups attached to an aromatic ring is 1. The fourth-order valence-electron chi connectivity index (χ4n) is 1.35. The van der Waals surface area contributed by atoms with Gasteiger partial charge in [0.05, 0.1) is 0 Å². The Morgan fingerprint density at radius 1 is 1.50 bits per heavy atom. The van der Waals surface area contributed by atoms with Gasteiger partial charge in [-0.25, -0.2) is 10.8 Å². The van der Waals surface area contributed by atoms with E-state index in [0.717, 1.165) is 18.5 Å². The number of carbonyl (C=O) groups excluding carboxylic acids is 1. The number of rotatable bonds is 5. The van der Waals surface area contributed by atoms with Gasteiger partial charge in [0.25, 0.3) is 5.91 Å². The van der Waals surface area contributed by atoms with Crippen molar-refractivity contribution in [2.45, 2.75) is 26.7 Å². The second-order valence-electron chi connectivity index (χ2n) is 3.64. The molecule has 0 unspecified atom stereocenters. The molecule has 0 aliphatic rings. The Kier molecular flexibility index (Phi) is 4.72. The number of carbonyl (C=O) groups is 1. The topological polar surface area (TPSA) is 80.0 Å². The molecule has 0 atom stereocenters. The highest BCUT2D eigenvalue weighted by Crippen LogP contribution is 2.08. The number of hydrogen-bond acceptors (Lipinski definition) is 4. The molecule has 16 heavy (non-hydrogen) atoms. The molecule has 0 aliphatic heterocycles. The average Bonchev–Trinajstić information content (AvgIpc) is 2.28. The van der Waals surface area contributed by atoms with Gasteiger partial charge < -0.3 is 10.7 Å². The van der Waals surface area contributed by atoms with E-state index in [1.165, 1.54) is 0 Å². The lowest BCUT2D eigenvalue weighted by atomic mass is 10.2. The first-order valence-electron chi connectivity index (χ1n) is 5.41. The summed E-state index contributed by atoms with van der Waals surface area (Å²) < 4.78 is 0. The minimum Gasteiger partial charge on any atom is -0.352 e.